The molecule has 2 nitrogen and oxygen atoms in total. The van der Waals surface area contributed by atoms with Crippen LogP contribution >= 0.6 is 0 Å². The SMILES string of the molecule is CC(C)(C)C(F)(C(=O)O)C(F)(F)C(F)(F)C(F)(F)F. The number of rotatable bonds is 3. The molecular weight excluding hydrogens is 292 g/mol. The molecule has 0 aliphatic rings. The number of carboxylic acids is 1. The summed E-state index contributed by atoms with van der Waals surface area (Å²) in [5.74, 6) is -16.4. The lowest BCUT2D eigenvalue weighted by Crippen LogP contribution is -2.69. The molecule has 0 aromatic rings. The van der Waals surface area contributed by atoms with Gasteiger partial charge in [0, 0.05) is 5.41 Å². The Morgan fingerprint density at radius 3 is 1.26 bits per heavy atom. The zero-order valence-electron chi connectivity index (χ0n) is 9.88. The minimum absolute atomic E-state index is 0.474. The van der Waals surface area contributed by atoms with Gasteiger partial charge in [0.2, 0.25) is 0 Å². The molecule has 0 saturated heterocycles. The molecular formula is C9H10F8O2. The standard InChI is InChI=1S/C9H10F8O2/c1-5(2,3)6(10,4(18)19)7(11,12)8(13,14)9(15,16)17/h1-3H3,(H,18,19). The van der Waals surface area contributed by atoms with Crippen LogP contribution in [0.2, 0.25) is 0 Å². The first-order chi connectivity index (χ1) is 7.94. The third-order valence-electron chi connectivity index (χ3n) is 2.51. The van der Waals surface area contributed by atoms with Gasteiger partial charge in [-0.1, -0.05) is 20.8 Å². The van der Waals surface area contributed by atoms with Crippen LogP contribution in [0, 0.1) is 5.41 Å². The number of hydrogen-bond acceptors (Lipinski definition) is 1. The van der Waals surface area contributed by atoms with E-state index in [1.165, 1.54) is 0 Å². The summed E-state index contributed by atoms with van der Waals surface area (Å²) in [5, 5.41) is 8.38. The molecule has 0 radical (unpaired) electrons. The number of alkyl halides is 8. The summed E-state index contributed by atoms with van der Waals surface area (Å²) in [4.78, 5) is 10.5. The summed E-state index contributed by atoms with van der Waals surface area (Å²) in [6.45, 7) is 1.42. The fourth-order valence-electron chi connectivity index (χ4n) is 1.32. The maximum atomic E-state index is 13.9. The van der Waals surface area contributed by atoms with Crippen LogP contribution in [0.25, 0.3) is 0 Å². The Labute approximate surface area is 102 Å². The number of carbonyl (C=O) groups is 1. The van der Waals surface area contributed by atoms with Crippen LogP contribution in [0.5, 0.6) is 0 Å². The van der Waals surface area contributed by atoms with Gasteiger partial charge < -0.3 is 5.11 Å². The third kappa shape index (κ3) is 2.25. The van der Waals surface area contributed by atoms with E-state index in [9.17, 15) is 39.9 Å². The number of halogens is 8. The molecule has 0 fully saturated rings. The average Bonchev–Trinajstić information content (AvgIpc) is 2.11. The minimum atomic E-state index is -6.83. The first-order valence-electron chi connectivity index (χ1n) is 4.69. The van der Waals surface area contributed by atoms with Crippen molar-refractivity contribution < 1.29 is 45.0 Å². The second kappa shape index (κ2) is 4.20. The molecule has 10 heteroatoms. The minimum Gasteiger partial charge on any atom is -0.479 e. The van der Waals surface area contributed by atoms with Crippen LogP contribution in [0.3, 0.4) is 0 Å². The smallest absolute Gasteiger partial charge is 0.460 e. The Kier molecular flexibility index (Phi) is 3.96. The lowest BCUT2D eigenvalue weighted by molar-refractivity contribution is -0.384. The molecule has 0 aliphatic heterocycles. The van der Waals surface area contributed by atoms with E-state index in [4.69, 9.17) is 5.11 Å². The lowest BCUT2D eigenvalue weighted by Gasteiger charge is -2.42. The van der Waals surface area contributed by atoms with Crippen molar-refractivity contribution in [1.29, 1.82) is 0 Å². The Morgan fingerprint density at radius 1 is 0.789 bits per heavy atom. The van der Waals surface area contributed by atoms with Gasteiger partial charge in [-0.2, -0.15) is 30.7 Å². The molecule has 0 bridgehead atoms. The largest absolute Gasteiger partial charge is 0.479 e. The van der Waals surface area contributed by atoms with Gasteiger partial charge in [-0.3, -0.25) is 0 Å². The molecule has 19 heavy (non-hydrogen) atoms. The van der Waals surface area contributed by atoms with Crippen LogP contribution in [0.1, 0.15) is 20.8 Å². The van der Waals surface area contributed by atoms with E-state index in [0.29, 0.717) is 20.8 Å². The molecule has 0 aromatic carbocycles. The van der Waals surface area contributed by atoms with E-state index in [1.54, 1.807) is 0 Å². The molecule has 0 saturated carbocycles. The Balaban J connectivity index is 6.21. The van der Waals surface area contributed by atoms with E-state index in [-0.39, 0.29) is 0 Å². The van der Waals surface area contributed by atoms with Crippen LogP contribution in [-0.2, 0) is 4.79 Å². The lowest BCUT2D eigenvalue weighted by atomic mass is 9.72. The molecule has 1 unspecified atom stereocenters. The van der Waals surface area contributed by atoms with Gasteiger partial charge in [-0.25, -0.2) is 9.18 Å². The average molecular weight is 302 g/mol. The highest BCUT2D eigenvalue weighted by Crippen LogP contribution is 2.57. The van der Waals surface area contributed by atoms with Crippen LogP contribution in [-0.4, -0.2) is 34.8 Å². The zero-order valence-corrected chi connectivity index (χ0v) is 9.88. The monoisotopic (exact) mass is 302 g/mol. The topological polar surface area (TPSA) is 37.3 Å². The van der Waals surface area contributed by atoms with Crippen molar-refractivity contribution in [2.45, 2.75) is 44.5 Å². The molecule has 114 valence electrons. The number of aliphatic carboxylic acids is 1. The van der Waals surface area contributed by atoms with Crippen molar-refractivity contribution in [2.75, 3.05) is 0 Å². The zero-order chi connectivity index (χ0) is 16.1. The molecule has 0 rings (SSSR count). The van der Waals surface area contributed by atoms with Crippen molar-refractivity contribution in [2.24, 2.45) is 5.41 Å². The van der Waals surface area contributed by atoms with Gasteiger partial charge in [0.1, 0.15) is 0 Å². The van der Waals surface area contributed by atoms with Gasteiger partial charge in [0.15, 0.2) is 0 Å². The highest BCUT2D eigenvalue weighted by Gasteiger charge is 2.84. The van der Waals surface area contributed by atoms with Gasteiger partial charge in [0.05, 0.1) is 0 Å². The van der Waals surface area contributed by atoms with Crippen molar-refractivity contribution in [3.05, 3.63) is 0 Å². The first-order valence-corrected chi connectivity index (χ1v) is 4.69. The fourth-order valence-corrected chi connectivity index (χ4v) is 1.32. The van der Waals surface area contributed by atoms with Crippen molar-refractivity contribution in [1.82, 2.24) is 0 Å². The van der Waals surface area contributed by atoms with Crippen molar-refractivity contribution >= 4 is 5.97 Å². The highest BCUT2D eigenvalue weighted by atomic mass is 19.4. The molecule has 0 heterocycles. The molecule has 1 atom stereocenters. The number of carboxylic acid groups (broad SMARTS) is 1. The van der Waals surface area contributed by atoms with E-state index in [1.807, 2.05) is 0 Å². The Hall–Kier alpha value is -1.09. The summed E-state index contributed by atoms with van der Waals surface area (Å²) < 4.78 is 102. The van der Waals surface area contributed by atoms with Gasteiger partial charge >= 0.3 is 24.0 Å². The van der Waals surface area contributed by atoms with Crippen LogP contribution in [0.15, 0.2) is 0 Å². The van der Waals surface area contributed by atoms with Crippen molar-refractivity contribution in [3.63, 3.8) is 0 Å². The van der Waals surface area contributed by atoms with E-state index >= 15 is 0 Å². The predicted molar refractivity (Wildman–Crippen MR) is 46.9 cm³/mol. The number of hydrogen-bond donors (Lipinski definition) is 1. The molecule has 0 aromatic heterocycles. The Morgan fingerprint density at radius 2 is 1.11 bits per heavy atom. The van der Waals surface area contributed by atoms with E-state index < -0.39 is 35.1 Å². The molecule has 0 aliphatic carbocycles. The summed E-state index contributed by atoms with van der Waals surface area (Å²) in [6.07, 6.45) is -6.80. The molecule has 0 spiro atoms. The Bertz CT molecular complexity index is 367. The predicted octanol–water partition coefficient (Wildman–Crippen LogP) is 3.66. The van der Waals surface area contributed by atoms with Crippen molar-refractivity contribution in [3.8, 4) is 0 Å². The van der Waals surface area contributed by atoms with E-state index in [2.05, 4.69) is 0 Å². The summed E-state index contributed by atoms with van der Waals surface area (Å²) in [7, 11) is 0. The fraction of sp³-hybridized carbons (Fsp3) is 0.889. The highest BCUT2D eigenvalue weighted by molar-refractivity contribution is 5.80. The van der Waals surface area contributed by atoms with Crippen LogP contribution in [0.4, 0.5) is 35.1 Å². The third-order valence-corrected chi connectivity index (χ3v) is 2.51. The summed E-state index contributed by atoms with van der Waals surface area (Å²) in [6, 6.07) is 0. The normalized spacial score (nSPS) is 18.1. The first kappa shape index (κ1) is 17.9. The summed E-state index contributed by atoms with van der Waals surface area (Å²) >= 11 is 0. The quantitative estimate of drug-likeness (QED) is 0.808. The van der Waals surface area contributed by atoms with E-state index in [0.717, 1.165) is 0 Å². The van der Waals surface area contributed by atoms with Gasteiger partial charge in [-0.05, 0) is 0 Å². The summed E-state index contributed by atoms with van der Waals surface area (Å²) in [5.41, 5.74) is -7.82. The molecule has 1 N–H and O–H groups in total. The second-order valence-electron chi connectivity index (χ2n) is 4.86. The molecule has 0 amide bonds. The maximum Gasteiger partial charge on any atom is 0.460 e. The van der Waals surface area contributed by atoms with Crippen LogP contribution < -0.4 is 0 Å². The van der Waals surface area contributed by atoms with Gasteiger partial charge in [0.25, 0.3) is 5.67 Å². The van der Waals surface area contributed by atoms with Gasteiger partial charge in [-0.15, -0.1) is 0 Å². The second-order valence-corrected chi connectivity index (χ2v) is 4.86. The maximum absolute atomic E-state index is 13.9.